The summed E-state index contributed by atoms with van der Waals surface area (Å²) < 4.78 is 0. The fraction of sp³-hybridized carbons (Fsp3) is 0.429. The third-order valence-corrected chi connectivity index (χ3v) is 3.83. The number of carbonyl (C=O) groups excluding carboxylic acids is 2. The fourth-order valence-electron chi connectivity index (χ4n) is 1.96. The molecule has 0 unspecified atom stereocenters. The van der Waals surface area contributed by atoms with Crippen LogP contribution in [0.5, 0.6) is 0 Å². The van der Waals surface area contributed by atoms with E-state index in [0.29, 0.717) is 19.4 Å². The van der Waals surface area contributed by atoms with Gasteiger partial charge in [0, 0.05) is 28.7 Å². The number of hydrogen-bond acceptors (Lipinski definition) is 4. The van der Waals surface area contributed by atoms with Gasteiger partial charge in [-0.25, -0.2) is 0 Å². The SMILES string of the molecule is O=C1CCCCC(=O)N1Cc1cc(C#CCO)cs1. The minimum Gasteiger partial charge on any atom is -0.384 e. The van der Waals surface area contributed by atoms with E-state index in [4.69, 9.17) is 5.11 Å². The van der Waals surface area contributed by atoms with E-state index in [0.717, 1.165) is 23.3 Å². The van der Waals surface area contributed by atoms with E-state index in [-0.39, 0.29) is 18.4 Å². The minimum absolute atomic E-state index is 0.0844. The average molecular weight is 277 g/mol. The predicted molar refractivity (Wildman–Crippen MR) is 72.3 cm³/mol. The van der Waals surface area contributed by atoms with E-state index < -0.39 is 0 Å². The van der Waals surface area contributed by atoms with Crippen molar-refractivity contribution in [1.82, 2.24) is 4.90 Å². The summed E-state index contributed by atoms with van der Waals surface area (Å²) >= 11 is 1.47. The summed E-state index contributed by atoms with van der Waals surface area (Å²) in [6.45, 7) is 0.164. The first-order chi connectivity index (χ1) is 9.20. The maximum absolute atomic E-state index is 11.9. The molecule has 19 heavy (non-hydrogen) atoms. The summed E-state index contributed by atoms with van der Waals surface area (Å²) in [5.41, 5.74) is 0.809. The second-order valence-electron chi connectivity index (χ2n) is 4.34. The van der Waals surface area contributed by atoms with Gasteiger partial charge in [0.05, 0.1) is 6.54 Å². The van der Waals surface area contributed by atoms with Crippen LogP contribution in [-0.4, -0.2) is 28.4 Å². The van der Waals surface area contributed by atoms with Crippen molar-refractivity contribution in [2.24, 2.45) is 0 Å². The molecule has 5 heteroatoms. The lowest BCUT2D eigenvalue weighted by molar-refractivity contribution is -0.144. The van der Waals surface area contributed by atoms with Crippen LogP contribution in [0, 0.1) is 11.8 Å². The fourth-order valence-corrected chi connectivity index (χ4v) is 2.77. The number of rotatable bonds is 2. The quantitative estimate of drug-likeness (QED) is 0.658. The van der Waals surface area contributed by atoms with Crippen LogP contribution in [0.2, 0.25) is 0 Å². The Balaban J connectivity index is 2.08. The lowest BCUT2D eigenvalue weighted by Crippen LogP contribution is -2.34. The highest BCUT2D eigenvalue weighted by atomic mass is 32.1. The molecular weight excluding hydrogens is 262 g/mol. The number of likely N-dealkylation sites (tertiary alicyclic amines) is 1. The van der Waals surface area contributed by atoms with Gasteiger partial charge in [-0.1, -0.05) is 11.8 Å². The minimum atomic E-state index is -0.172. The molecule has 0 saturated carbocycles. The molecule has 0 spiro atoms. The molecule has 1 aliphatic heterocycles. The smallest absolute Gasteiger partial charge is 0.229 e. The first-order valence-corrected chi connectivity index (χ1v) is 7.09. The zero-order valence-electron chi connectivity index (χ0n) is 10.5. The van der Waals surface area contributed by atoms with E-state index >= 15 is 0 Å². The van der Waals surface area contributed by atoms with Crippen LogP contribution in [0.3, 0.4) is 0 Å². The van der Waals surface area contributed by atoms with Crippen LogP contribution in [0.4, 0.5) is 0 Å². The van der Waals surface area contributed by atoms with Gasteiger partial charge >= 0.3 is 0 Å². The Morgan fingerprint density at radius 1 is 1.26 bits per heavy atom. The van der Waals surface area contributed by atoms with Crippen molar-refractivity contribution in [3.05, 3.63) is 21.9 Å². The molecule has 0 radical (unpaired) electrons. The number of amides is 2. The molecule has 1 aromatic heterocycles. The Labute approximate surface area is 116 Å². The van der Waals surface area contributed by atoms with Gasteiger partial charge in [0.2, 0.25) is 11.8 Å². The molecule has 2 amide bonds. The first-order valence-electron chi connectivity index (χ1n) is 6.21. The molecular formula is C14H15NO3S. The van der Waals surface area contributed by atoms with Gasteiger partial charge < -0.3 is 5.11 Å². The lowest BCUT2D eigenvalue weighted by Gasteiger charge is -2.17. The molecule has 0 aromatic carbocycles. The van der Waals surface area contributed by atoms with Gasteiger partial charge in [0.1, 0.15) is 6.61 Å². The van der Waals surface area contributed by atoms with E-state index in [2.05, 4.69) is 11.8 Å². The molecule has 4 nitrogen and oxygen atoms in total. The molecule has 1 saturated heterocycles. The van der Waals surface area contributed by atoms with E-state index in [9.17, 15) is 9.59 Å². The van der Waals surface area contributed by atoms with Crippen molar-refractivity contribution < 1.29 is 14.7 Å². The topological polar surface area (TPSA) is 57.6 Å². The standard InChI is InChI=1S/C14H15NO3S/c16-7-3-4-11-8-12(19-10-11)9-15-13(17)5-1-2-6-14(15)18/h8,10,16H,1-2,5-7,9H2. The summed E-state index contributed by atoms with van der Waals surface area (Å²) in [6, 6.07) is 1.86. The molecule has 0 atom stereocenters. The van der Waals surface area contributed by atoms with Crippen LogP contribution < -0.4 is 0 Å². The van der Waals surface area contributed by atoms with Crippen molar-refractivity contribution >= 4 is 23.2 Å². The summed E-state index contributed by atoms with van der Waals surface area (Å²) in [5.74, 6) is 5.21. The Kier molecular flexibility index (Phi) is 4.72. The lowest BCUT2D eigenvalue weighted by atomic mass is 10.2. The number of imide groups is 1. The van der Waals surface area contributed by atoms with Crippen molar-refractivity contribution in [2.45, 2.75) is 32.2 Å². The third kappa shape index (κ3) is 3.66. The Bertz CT molecular complexity index is 520. The zero-order chi connectivity index (χ0) is 13.7. The van der Waals surface area contributed by atoms with Crippen molar-refractivity contribution in [2.75, 3.05) is 6.61 Å². The highest BCUT2D eigenvalue weighted by Crippen LogP contribution is 2.20. The number of thiophene rings is 1. The predicted octanol–water partition coefficient (Wildman–Crippen LogP) is 1.52. The Morgan fingerprint density at radius 3 is 2.58 bits per heavy atom. The summed E-state index contributed by atoms with van der Waals surface area (Å²) in [6.07, 6.45) is 2.49. The second kappa shape index (κ2) is 6.50. The molecule has 100 valence electrons. The van der Waals surface area contributed by atoms with Gasteiger partial charge in [-0.05, 0) is 18.9 Å². The molecule has 0 bridgehead atoms. The van der Waals surface area contributed by atoms with Crippen LogP contribution in [0.15, 0.2) is 11.4 Å². The van der Waals surface area contributed by atoms with E-state index in [1.807, 2.05) is 11.4 Å². The zero-order valence-corrected chi connectivity index (χ0v) is 11.3. The second-order valence-corrected chi connectivity index (χ2v) is 5.34. The van der Waals surface area contributed by atoms with Crippen LogP contribution in [-0.2, 0) is 16.1 Å². The highest BCUT2D eigenvalue weighted by Gasteiger charge is 2.24. The average Bonchev–Trinajstić information content (AvgIpc) is 2.79. The van der Waals surface area contributed by atoms with Crippen LogP contribution in [0.1, 0.15) is 36.1 Å². The summed E-state index contributed by atoms with van der Waals surface area (Å²) in [5, 5.41) is 10.5. The molecule has 1 aliphatic rings. The Morgan fingerprint density at radius 2 is 1.95 bits per heavy atom. The van der Waals surface area contributed by atoms with E-state index in [1.165, 1.54) is 16.2 Å². The van der Waals surface area contributed by atoms with Crippen molar-refractivity contribution in [3.8, 4) is 11.8 Å². The molecule has 0 aliphatic carbocycles. The molecule has 2 rings (SSSR count). The number of carbonyl (C=O) groups is 2. The van der Waals surface area contributed by atoms with Gasteiger partial charge in [-0.3, -0.25) is 14.5 Å². The van der Waals surface area contributed by atoms with Crippen LogP contribution >= 0.6 is 11.3 Å². The van der Waals surface area contributed by atoms with Gasteiger partial charge in [0.25, 0.3) is 0 Å². The first kappa shape index (κ1) is 13.8. The monoisotopic (exact) mass is 277 g/mol. The van der Waals surface area contributed by atoms with Crippen molar-refractivity contribution in [3.63, 3.8) is 0 Å². The normalized spacial score (nSPS) is 15.9. The maximum Gasteiger partial charge on any atom is 0.229 e. The van der Waals surface area contributed by atoms with Crippen molar-refractivity contribution in [1.29, 1.82) is 0 Å². The highest BCUT2D eigenvalue weighted by molar-refractivity contribution is 7.10. The molecule has 1 fully saturated rings. The number of nitrogens with zero attached hydrogens (tertiary/aromatic N) is 1. The molecule has 1 aromatic rings. The summed E-state index contributed by atoms with van der Waals surface area (Å²) in [4.78, 5) is 26.0. The largest absolute Gasteiger partial charge is 0.384 e. The van der Waals surface area contributed by atoms with Gasteiger partial charge in [0.15, 0.2) is 0 Å². The molecule has 1 N–H and O–H groups in total. The summed E-state index contributed by atoms with van der Waals surface area (Å²) in [7, 11) is 0. The maximum atomic E-state index is 11.9. The third-order valence-electron chi connectivity index (χ3n) is 2.91. The Hall–Kier alpha value is -1.64. The molecule has 2 heterocycles. The number of aliphatic hydroxyl groups excluding tert-OH is 1. The number of aliphatic hydroxyl groups is 1. The van der Waals surface area contributed by atoms with Gasteiger partial charge in [-0.15, -0.1) is 11.3 Å². The number of hydrogen-bond donors (Lipinski definition) is 1. The van der Waals surface area contributed by atoms with Gasteiger partial charge in [-0.2, -0.15) is 0 Å². The van der Waals surface area contributed by atoms with Crippen LogP contribution in [0.25, 0.3) is 0 Å². The van der Waals surface area contributed by atoms with E-state index in [1.54, 1.807) is 0 Å².